The van der Waals surface area contributed by atoms with Gasteiger partial charge in [0.1, 0.15) is 12.6 Å². The van der Waals surface area contributed by atoms with Crippen LogP contribution in [-0.2, 0) is 40.3 Å². The molecule has 0 saturated heterocycles. The van der Waals surface area contributed by atoms with Crippen LogP contribution in [0.2, 0.25) is 0 Å². The lowest BCUT2D eigenvalue weighted by molar-refractivity contribution is -0.143. The molecule has 3 atom stereocenters. The zero-order valence-electron chi connectivity index (χ0n) is 29.5. The first-order chi connectivity index (χ1) is 24.2. The van der Waals surface area contributed by atoms with E-state index in [2.05, 4.69) is 64.0 Å². The van der Waals surface area contributed by atoms with Crippen LogP contribution in [0, 0.1) is 0 Å². The van der Waals surface area contributed by atoms with E-state index in [1.165, 1.54) is 11.3 Å². The minimum Gasteiger partial charge on any atom is -0.459 e. The fourth-order valence-electron chi connectivity index (χ4n) is 5.54. The average molecular weight is 719 g/mol. The molecule has 1 unspecified atom stereocenters. The van der Waals surface area contributed by atoms with Gasteiger partial charge in [-0.1, -0.05) is 87.9 Å². The predicted molar refractivity (Wildman–Crippen MR) is 200 cm³/mol. The molecule has 4 aromatic rings. The molecule has 0 spiro atoms. The summed E-state index contributed by atoms with van der Waals surface area (Å²) in [6, 6.07) is 19.0. The topological polar surface area (TPSA) is 126 Å². The second-order valence-corrected chi connectivity index (χ2v) is 14.7. The molecule has 3 amide bonds. The maximum atomic E-state index is 13.8. The Hall–Kier alpha value is -4.13. The highest BCUT2D eigenvalue weighted by molar-refractivity contribution is 7.09. The number of esters is 1. The van der Waals surface area contributed by atoms with E-state index in [0.717, 1.165) is 33.1 Å². The Labute approximate surface area is 304 Å². The summed E-state index contributed by atoms with van der Waals surface area (Å²) in [7, 11) is 1.72. The number of benzene rings is 2. The highest BCUT2D eigenvalue weighted by atomic mass is 32.1. The lowest BCUT2D eigenvalue weighted by Crippen LogP contribution is -2.52. The second kappa shape index (κ2) is 20.5. The molecular formula is C38H50N6O4S2. The van der Waals surface area contributed by atoms with Crippen LogP contribution in [0.1, 0.15) is 79.1 Å². The number of urea groups is 1. The molecule has 0 radical (unpaired) electrons. The van der Waals surface area contributed by atoms with Gasteiger partial charge in [-0.25, -0.2) is 9.78 Å². The molecule has 0 saturated carbocycles. The van der Waals surface area contributed by atoms with Crippen molar-refractivity contribution in [2.45, 2.75) is 96.5 Å². The number of hydrogen-bond donors (Lipinski definition) is 3. The van der Waals surface area contributed by atoms with Crippen LogP contribution in [0.15, 0.2) is 77.8 Å². The molecule has 2 aromatic heterocycles. The van der Waals surface area contributed by atoms with E-state index in [0.29, 0.717) is 44.6 Å². The van der Waals surface area contributed by atoms with Crippen molar-refractivity contribution < 1.29 is 19.1 Å². The van der Waals surface area contributed by atoms with Crippen molar-refractivity contribution in [3.05, 3.63) is 104 Å². The first-order valence-corrected chi connectivity index (χ1v) is 19.1. The number of carbonyl (C=O) groups is 3. The Bertz CT molecular complexity index is 1580. The SMILES string of the molecule is CCCC(NC(=O)N(C)Cc1csc(C(C)C)n1)C(=O)N[C@H](CC[C@H](Cc1ccccc1)NCC(=O)OCc1cncs1)Cc1ccccc1. The van der Waals surface area contributed by atoms with Gasteiger partial charge in [-0.15, -0.1) is 22.7 Å². The highest BCUT2D eigenvalue weighted by Crippen LogP contribution is 2.20. The third-order valence-electron chi connectivity index (χ3n) is 8.25. The molecule has 10 nitrogen and oxygen atoms in total. The summed E-state index contributed by atoms with van der Waals surface area (Å²) < 4.78 is 5.46. The average Bonchev–Trinajstić information content (AvgIpc) is 3.82. The molecule has 0 fully saturated rings. The molecule has 268 valence electrons. The molecule has 2 heterocycles. The van der Waals surface area contributed by atoms with Gasteiger partial charge in [-0.3, -0.25) is 14.6 Å². The standard InChI is InChI=1S/C38H50N6O4S2/c1-5-12-34(43-38(47)44(4)23-32-25-49-37(42-32)27(2)3)36(46)41-31(20-29-15-10-7-11-16-29)18-17-30(19-28-13-8-6-9-14-28)40-22-35(45)48-24-33-21-39-26-50-33/h6-11,13-16,21,25-27,30-31,34,40H,5,12,17-20,22-24H2,1-4H3,(H,41,46)(H,43,47)/t30-,31-,34?/m1/s1. The van der Waals surface area contributed by atoms with Gasteiger partial charge in [-0.05, 0) is 43.2 Å². The fourth-order valence-corrected chi connectivity index (χ4v) is 6.87. The number of hydrogen-bond acceptors (Lipinski definition) is 9. The van der Waals surface area contributed by atoms with Gasteiger partial charge in [0.25, 0.3) is 0 Å². The van der Waals surface area contributed by atoms with Crippen molar-refractivity contribution in [1.82, 2.24) is 30.8 Å². The number of thiazole rings is 2. The van der Waals surface area contributed by atoms with Gasteiger partial charge in [-0.2, -0.15) is 0 Å². The van der Waals surface area contributed by atoms with Crippen molar-refractivity contribution in [1.29, 1.82) is 0 Å². The number of aromatic nitrogens is 2. The quantitative estimate of drug-likeness (QED) is 0.0894. The van der Waals surface area contributed by atoms with E-state index in [-0.39, 0.29) is 43.1 Å². The van der Waals surface area contributed by atoms with E-state index < -0.39 is 6.04 Å². The van der Waals surface area contributed by atoms with Crippen LogP contribution < -0.4 is 16.0 Å². The van der Waals surface area contributed by atoms with Gasteiger partial charge in [0, 0.05) is 36.6 Å². The molecule has 0 bridgehead atoms. The van der Waals surface area contributed by atoms with Gasteiger partial charge in [0.05, 0.1) is 34.2 Å². The highest BCUT2D eigenvalue weighted by Gasteiger charge is 2.25. The molecule has 12 heteroatoms. The van der Waals surface area contributed by atoms with Crippen molar-refractivity contribution in [3.8, 4) is 0 Å². The third kappa shape index (κ3) is 13.3. The van der Waals surface area contributed by atoms with Crippen molar-refractivity contribution in [3.63, 3.8) is 0 Å². The largest absolute Gasteiger partial charge is 0.459 e. The van der Waals surface area contributed by atoms with Crippen LogP contribution in [-0.4, -0.2) is 64.5 Å². The molecule has 2 aromatic carbocycles. The molecule has 0 aliphatic heterocycles. The fraction of sp³-hybridized carbons (Fsp3) is 0.447. The Morgan fingerprint density at radius 3 is 2.14 bits per heavy atom. The lowest BCUT2D eigenvalue weighted by Gasteiger charge is -2.27. The number of ether oxygens (including phenoxy) is 1. The Kier molecular flexibility index (Phi) is 15.9. The van der Waals surface area contributed by atoms with Gasteiger partial charge in [0.15, 0.2) is 0 Å². The summed E-state index contributed by atoms with van der Waals surface area (Å²) in [6.07, 6.45) is 5.66. The predicted octanol–water partition coefficient (Wildman–Crippen LogP) is 6.49. The normalized spacial score (nSPS) is 13.0. The third-order valence-corrected chi connectivity index (χ3v) is 10.2. The lowest BCUT2D eigenvalue weighted by atomic mass is 9.95. The van der Waals surface area contributed by atoms with Gasteiger partial charge >= 0.3 is 12.0 Å². The summed E-state index contributed by atoms with van der Waals surface area (Å²) in [4.78, 5) is 50.8. The summed E-state index contributed by atoms with van der Waals surface area (Å²) in [5.41, 5.74) is 4.81. The van der Waals surface area contributed by atoms with E-state index in [1.54, 1.807) is 35.0 Å². The maximum absolute atomic E-state index is 13.8. The van der Waals surface area contributed by atoms with Crippen LogP contribution in [0.3, 0.4) is 0 Å². The molecular weight excluding hydrogens is 669 g/mol. The van der Waals surface area contributed by atoms with E-state index in [1.807, 2.05) is 48.7 Å². The van der Waals surface area contributed by atoms with Gasteiger partial charge < -0.3 is 25.6 Å². The van der Waals surface area contributed by atoms with Crippen molar-refractivity contribution in [2.24, 2.45) is 0 Å². The van der Waals surface area contributed by atoms with Crippen LogP contribution in [0.5, 0.6) is 0 Å². The molecule has 4 rings (SSSR count). The number of nitrogens with zero attached hydrogens (tertiary/aromatic N) is 3. The number of carbonyl (C=O) groups excluding carboxylic acids is 3. The number of nitrogens with one attached hydrogen (secondary N) is 3. The maximum Gasteiger partial charge on any atom is 0.320 e. The summed E-state index contributed by atoms with van der Waals surface area (Å²) >= 11 is 3.04. The Morgan fingerprint density at radius 2 is 1.54 bits per heavy atom. The number of amides is 3. The minimum absolute atomic E-state index is 0.0368. The minimum atomic E-state index is -0.679. The first kappa shape index (κ1) is 38.7. The zero-order chi connectivity index (χ0) is 35.7. The molecule has 0 aliphatic carbocycles. The smallest absolute Gasteiger partial charge is 0.320 e. The van der Waals surface area contributed by atoms with Crippen molar-refractivity contribution in [2.75, 3.05) is 13.6 Å². The van der Waals surface area contributed by atoms with E-state index in [9.17, 15) is 14.4 Å². The zero-order valence-corrected chi connectivity index (χ0v) is 31.1. The van der Waals surface area contributed by atoms with E-state index in [4.69, 9.17) is 4.74 Å². The monoisotopic (exact) mass is 718 g/mol. The van der Waals surface area contributed by atoms with Gasteiger partial charge in [0.2, 0.25) is 5.91 Å². The Balaban J connectivity index is 1.40. The Morgan fingerprint density at radius 1 is 0.880 bits per heavy atom. The summed E-state index contributed by atoms with van der Waals surface area (Å²) in [5, 5.41) is 12.7. The molecule has 0 aliphatic rings. The van der Waals surface area contributed by atoms with Crippen molar-refractivity contribution >= 4 is 40.6 Å². The summed E-state index contributed by atoms with van der Waals surface area (Å²) in [5.74, 6) is -0.205. The van der Waals surface area contributed by atoms with Crippen LogP contribution in [0.4, 0.5) is 4.79 Å². The molecule has 3 N–H and O–H groups in total. The second-order valence-electron chi connectivity index (χ2n) is 12.8. The first-order valence-electron chi connectivity index (χ1n) is 17.3. The summed E-state index contributed by atoms with van der Waals surface area (Å²) in [6.45, 7) is 6.84. The number of rotatable bonds is 20. The molecule has 50 heavy (non-hydrogen) atoms. The van der Waals surface area contributed by atoms with E-state index >= 15 is 0 Å². The van der Waals surface area contributed by atoms with Crippen LogP contribution in [0.25, 0.3) is 0 Å². The van der Waals surface area contributed by atoms with Crippen LogP contribution >= 0.6 is 22.7 Å².